The Kier molecular flexibility index (Phi) is 3.81. The highest BCUT2D eigenvalue weighted by Crippen LogP contribution is 1.75. The summed E-state index contributed by atoms with van der Waals surface area (Å²) < 4.78 is 0. The molecule has 6 heavy (non-hydrogen) atoms. The van der Waals surface area contributed by atoms with Crippen molar-refractivity contribution in [2.24, 2.45) is 0 Å². The fourth-order valence-corrected chi connectivity index (χ4v) is 0.304. The molecular weight excluding hydrogens is 191 g/mol. The molecule has 0 spiro atoms. The lowest BCUT2D eigenvalue weighted by Gasteiger charge is -1.95. The van der Waals surface area contributed by atoms with E-state index in [9.17, 15) is 0 Å². The molecule has 0 radical (unpaired) electrons. The van der Waals surface area contributed by atoms with Gasteiger partial charge in [-0.3, -0.25) is 0 Å². The van der Waals surface area contributed by atoms with Crippen LogP contribution in [0, 0.1) is 0 Å². The zero-order chi connectivity index (χ0) is 3.54. The van der Waals surface area contributed by atoms with Crippen LogP contribution in [0.3, 0.4) is 0 Å². The van der Waals surface area contributed by atoms with Gasteiger partial charge in [0.05, 0.1) is 6.20 Å². The lowest BCUT2D eigenvalue weighted by molar-refractivity contribution is -0.529. The predicted octanol–water partition coefficient (Wildman–Crippen LogP) is -3.63. The van der Waals surface area contributed by atoms with Crippen molar-refractivity contribution < 1.29 is 29.4 Å². The van der Waals surface area contributed by atoms with E-state index in [0.717, 1.165) is 6.54 Å². The van der Waals surface area contributed by atoms with E-state index in [1.165, 1.54) is 0 Å². The van der Waals surface area contributed by atoms with E-state index in [1.807, 2.05) is 12.3 Å². The van der Waals surface area contributed by atoms with Gasteiger partial charge in [-0.15, -0.1) is 0 Å². The molecule has 0 saturated carbocycles. The maximum absolute atomic E-state index is 3.85. The molecule has 1 aliphatic rings. The first-order valence-electron chi connectivity index (χ1n) is 1.65. The Balaban J connectivity index is 0.000000250. The summed E-state index contributed by atoms with van der Waals surface area (Å²) >= 11 is 0. The van der Waals surface area contributed by atoms with Crippen LogP contribution < -0.4 is 29.4 Å². The zero-order valence-electron chi connectivity index (χ0n) is 3.26. The topological polar surface area (TPSA) is 30.7 Å². The first-order valence-corrected chi connectivity index (χ1v) is 1.65. The average Bonchev–Trinajstić information content (AvgIpc) is 1.76. The number of nitrogens with two attached hydrogens (primary N) is 1. The van der Waals surface area contributed by atoms with Gasteiger partial charge in [-0.25, -0.2) is 0 Å². The SMILES string of the molecule is C1=C[NH2+][N-]C1.[I-]. The summed E-state index contributed by atoms with van der Waals surface area (Å²) in [5.74, 6) is 0. The van der Waals surface area contributed by atoms with Crippen molar-refractivity contribution in [1.29, 1.82) is 0 Å². The Morgan fingerprint density at radius 1 is 1.67 bits per heavy atom. The molecule has 0 aromatic rings. The van der Waals surface area contributed by atoms with Crippen molar-refractivity contribution in [3.8, 4) is 0 Å². The maximum atomic E-state index is 3.85. The van der Waals surface area contributed by atoms with Crippen LogP contribution >= 0.6 is 0 Å². The van der Waals surface area contributed by atoms with Crippen LogP contribution in [0.2, 0.25) is 0 Å². The van der Waals surface area contributed by atoms with Crippen LogP contribution in [0.4, 0.5) is 0 Å². The second-order valence-corrected chi connectivity index (χ2v) is 0.942. The Hall–Kier alpha value is 0.390. The second-order valence-electron chi connectivity index (χ2n) is 0.942. The minimum absolute atomic E-state index is 0. The summed E-state index contributed by atoms with van der Waals surface area (Å²) in [6, 6.07) is 0. The minimum atomic E-state index is 0. The molecule has 0 aromatic heterocycles. The molecule has 2 nitrogen and oxygen atoms in total. The number of halogens is 1. The summed E-state index contributed by atoms with van der Waals surface area (Å²) in [7, 11) is 0. The summed E-state index contributed by atoms with van der Waals surface area (Å²) in [6.45, 7) is 0.889. The molecule has 0 fully saturated rings. The largest absolute Gasteiger partial charge is 1.00 e. The standard InChI is InChI=1S/C3H6N2.HI/c1-2-4-5-3-1;/h1-2H,3-4H2;1H/p-1. The molecule has 2 N–H and O–H groups in total. The van der Waals surface area contributed by atoms with Gasteiger partial charge in [0, 0.05) is 0 Å². The number of nitrogens with zero attached hydrogens (tertiary/aromatic N) is 1. The van der Waals surface area contributed by atoms with Crippen molar-refractivity contribution in [1.82, 2.24) is 0 Å². The van der Waals surface area contributed by atoms with Crippen LogP contribution in [-0.4, -0.2) is 6.54 Å². The van der Waals surface area contributed by atoms with Crippen molar-refractivity contribution in [2.45, 2.75) is 0 Å². The average molecular weight is 197 g/mol. The van der Waals surface area contributed by atoms with Gasteiger partial charge in [0.1, 0.15) is 0 Å². The third-order valence-electron chi connectivity index (χ3n) is 0.538. The summed E-state index contributed by atoms with van der Waals surface area (Å²) in [5.41, 5.74) is 5.65. The highest BCUT2D eigenvalue weighted by Gasteiger charge is 1.71. The van der Waals surface area contributed by atoms with Gasteiger partial charge in [-0.1, -0.05) is 6.54 Å². The van der Waals surface area contributed by atoms with Crippen LogP contribution in [0.5, 0.6) is 0 Å². The Labute approximate surface area is 54.0 Å². The maximum Gasteiger partial charge on any atom is 0.0775 e. The van der Waals surface area contributed by atoms with Crippen LogP contribution in [0.15, 0.2) is 12.3 Å². The fraction of sp³-hybridized carbons (Fsp3) is 0.333. The smallest absolute Gasteiger partial charge is 0.0775 e. The predicted molar refractivity (Wildman–Crippen MR) is 19.3 cm³/mol. The van der Waals surface area contributed by atoms with Crippen molar-refractivity contribution in [3.05, 3.63) is 17.7 Å². The molecular formula is C3H6IN2-. The van der Waals surface area contributed by atoms with Gasteiger partial charge in [0.2, 0.25) is 0 Å². The third-order valence-corrected chi connectivity index (χ3v) is 0.538. The molecule has 0 aliphatic carbocycles. The van der Waals surface area contributed by atoms with E-state index < -0.39 is 0 Å². The molecule has 0 bridgehead atoms. The van der Waals surface area contributed by atoms with E-state index >= 15 is 0 Å². The molecule has 1 rings (SSSR count). The van der Waals surface area contributed by atoms with E-state index in [-0.39, 0.29) is 24.0 Å². The molecule has 0 saturated heterocycles. The molecule has 1 aliphatic heterocycles. The Morgan fingerprint density at radius 3 is 2.67 bits per heavy atom. The van der Waals surface area contributed by atoms with E-state index in [0.29, 0.717) is 0 Å². The van der Waals surface area contributed by atoms with Crippen LogP contribution in [-0.2, 0) is 0 Å². The number of hydrogen-bond donors (Lipinski definition) is 1. The molecule has 0 unspecified atom stereocenters. The normalized spacial score (nSPS) is 17.3. The Morgan fingerprint density at radius 2 is 2.50 bits per heavy atom. The molecule has 0 atom stereocenters. The highest BCUT2D eigenvalue weighted by atomic mass is 127. The highest BCUT2D eigenvalue weighted by molar-refractivity contribution is 4.87. The van der Waals surface area contributed by atoms with E-state index in [4.69, 9.17) is 0 Å². The van der Waals surface area contributed by atoms with Crippen molar-refractivity contribution >= 4 is 0 Å². The number of rotatable bonds is 0. The van der Waals surface area contributed by atoms with E-state index in [1.54, 1.807) is 5.43 Å². The van der Waals surface area contributed by atoms with Gasteiger partial charge in [0.15, 0.2) is 0 Å². The summed E-state index contributed by atoms with van der Waals surface area (Å²) in [6.07, 6.45) is 3.96. The minimum Gasteiger partial charge on any atom is -1.00 e. The quantitative estimate of drug-likeness (QED) is 0.307. The molecule has 3 heteroatoms. The number of hydrogen-bond acceptors (Lipinski definition) is 0. The van der Waals surface area contributed by atoms with Crippen molar-refractivity contribution in [2.75, 3.05) is 6.54 Å². The summed E-state index contributed by atoms with van der Waals surface area (Å²) in [5, 5.41) is 0. The lowest BCUT2D eigenvalue weighted by atomic mass is 10.7. The van der Waals surface area contributed by atoms with Crippen LogP contribution in [0.25, 0.3) is 5.43 Å². The molecule has 0 aromatic carbocycles. The fourth-order valence-electron chi connectivity index (χ4n) is 0.304. The Bertz CT molecular complexity index is 46.8. The van der Waals surface area contributed by atoms with E-state index in [2.05, 4.69) is 5.43 Å². The van der Waals surface area contributed by atoms with Gasteiger partial charge in [0.25, 0.3) is 0 Å². The van der Waals surface area contributed by atoms with Gasteiger partial charge in [-0.2, -0.15) is 0 Å². The molecule has 36 valence electrons. The third kappa shape index (κ3) is 1.74. The number of quaternary nitrogens is 1. The zero-order valence-corrected chi connectivity index (χ0v) is 5.42. The lowest BCUT2D eigenvalue weighted by Crippen LogP contribution is -3.00. The monoisotopic (exact) mass is 197 g/mol. The van der Waals surface area contributed by atoms with Gasteiger partial charge < -0.3 is 34.8 Å². The van der Waals surface area contributed by atoms with Gasteiger partial charge >= 0.3 is 0 Å². The first-order chi connectivity index (χ1) is 2.50. The van der Waals surface area contributed by atoms with Crippen LogP contribution in [0.1, 0.15) is 0 Å². The van der Waals surface area contributed by atoms with Gasteiger partial charge in [-0.05, 0) is 6.08 Å². The molecule has 0 amide bonds. The summed E-state index contributed by atoms with van der Waals surface area (Å²) in [4.78, 5) is 0. The molecule has 1 heterocycles. The first kappa shape index (κ1) is 6.39. The second kappa shape index (κ2) is 3.58. The van der Waals surface area contributed by atoms with Crippen molar-refractivity contribution in [3.63, 3.8) is 0 Å².